The molecule has 2 rings (SSSR count). The molecule has 0 amide bonds. The minimum atomic E-state index is -0.826. The fourth-order valence-corrected chi connectivity index (χ4v) is 1.67. The summed E-state index contributed by atoms with van der Waals surface area (Å²) >= 11 is 1.46. The molecule has 2 aromatic rings. The zero-order chi connectivity index (χ0) is 10.7. The first-order valence-corrected chi connectivity index (χ1v) is 5.21. The molecule has 0 aliphatic carbocycles. The fraction of sp³-hybridized carbons (Fsp3) is 0.100. The number of anilines is 1. The van der Waals surface area contributed by atoms with Gasteiger partial charge in [0.25, 0.3) is 0 Å². The number of rotatable bonds is 3. The predicted molar refractivity (Wildman–Crippen MR) is 55.8 cm³/mol. The Balaban J connectivity index is 2.02. The van der Waals surface area contributed by atoms with E-state index in [-0.39, 0.29) is 0 Å². The molecule has 2 nitrogen and oxygen atoms in total. The molecule has 5 heteroatoms. The van der Waals surface area contributed by atoms with Gasteiger partial charge in [-0.2, -0.15) is 0 Å². The monoisotopic (exact) mass is 226 g/mol. The average Bonchev–Trinajstić information content (AvgIpc) is 2.73. The van der Waals surface area contributed by atoms with Crippen molar-refractivity contribution in [3.05, 3.63) is 47.0 Å². The first kappa shape index (κ1) is 10.0. The van der Waals surface area contributed by atoms with Gasteiger partial charge in [-0.05, 0) is 17.7 Å². The van der Waals surface area contributed by atoms with Gasteiger partial charge in [0.15, 0.2) is 16.8 Å². The first-order valence-electron chi connectivity index (χ1n) is 4.33. The van der Waals surface area contributed by atoms with Crippen LogP contribution in [0.3, 0.4) is 0 Å². The molecule has 0 unspecified atom stereocenters. The summed E-state index contributed by atoms with van der Waals surface area (Å²) in [5, 5.41) is 5.61. The van der Waals surface area contributed by atoms with Gasteiger partial charge in [-0.25, -0.2) is 13.8 Å². The normalized spacial score (nSPS) is 10.3. The summed E-state index contributed by atoms with van der Waals surface area (Å²) in [4.78, 5) is 4.01. The van der Waals surface area contributed by atoms with Crippen LogP contribution < -0.4 is 5.32 Å². The molecule has 15 heavy (non-hydrogen) atoms. The molecular weight excluding hydrogens is 218 g/mol. The van der Waals surface area contributed by atoms with Gasteiger partial charge in [-0.15, -0.1) is 11.3 Å². The van der Waals surface area contributed by atoms with Crippen LogP contribution in [0.2, 0.25) is 0 Å². The average molecular weight is 226 g/mol. The maximum absolute atomic E-state index is 12.8. The van der Waals surface area contributed by atoms with Gasteiger partial charge >= 0.3 is 0 Å². The summed E-state index contributed by atoms with van der Waals surface area (Å²) in [7, 11) is 0. The van der Waals surface area contributed by atoms with Crippen LogP contribution >= 0.6 is 11.3 Å². The number of nitrogens with one attached hydrogen (secondary N) is 1. The third-order valence-electron chi connectivity index (χ3n) is 1.86. The van der Waals surface area contributed by atoms with Gasteiger partial charge < -0.3 is 5.32 Å². The maximum Gasteiger partial charge on any atom is 0.182 e. The van der Waals surface area contributed by atoms with E-state index in [0.29, 0.717) is 12.1 Å². The van der Waals surface area contributed by atoms with Crippen LogP contribution in [0.1, 0.15) is 5.56 Å². The zero-order valence-electron chi connectivity index (χ0n) is 7.71. The van der Waals surface area contributed by atoms with Gasteiger partial charge in [0.1, 0.15) is 0 Å². The molecule has 0 spiro atoms. The van der Waals surface area contributed by atoms with Gasteiger partial charge in [-0.1, -0.05) is 6.07 Å². The van der Waals surface area contributed by atoms with Crippen LogP contribution in [0.4, 0.5) is 13.9 Å². The molecular formula is C10H8F2N2S. The molecule has 1 aromatic carbocycles. The Labute approximate surface area is 89.6 Å². The predicted octanol–water partition coefficient (Wildman–Crippen LogP) is 3.03. The van der Waals surface area contributed by atoms with Crippen molar-refractivity contribution in [2.24, 2.45) is 0 Å². The number of hydrogen-bond donors (Lipinski definition) is 1. The van der Waals surface area contributed by atoms with Gasteiger partial charge in [-0.3, -0.25) is 0 Å². The number of hydrogen-bond acceptors (Lipinski definition) is 3. The highest BCUT2D eigenvalue weighted by atomic mass is 32.1. The zero-order valence-corrected chi connectivity index (χ0v) is 8.52. The van der Waals surface area contributed by atoms with E-state index in [1.165, 1.54) is 17.4 Å². The van der Waals surface area contributed by atoms with Crippen molar-refractivity contribution in [1.82, 2.24) is 4.98 Å². The smallest absolute Gasteiger partial charge is 0.182 e. The fourth-order valence-electron chi connectivity index (χ4n) is 1.14. The Hall–Kier alpha value is -1.49. The summed E-state index contributed by atoms with van der Waals surface area (Å²) in [6, 6.07) is 3.84. The minimum Gasteiger partial charge on any atom is -0.357 e. The van der Waals surface area contributed by atoms with Crippen molar-refractivity contribution in [1.29, 1.82) is 0 Å². The van der Waals surface area contributed by atoms with Crippen molar-refractivity contribution in [3.63, 3.8) is 0 Å². The summed E-state index contributed by atoms with van der Waals surface area (Å²) in [6.45, 7) is 0.435. The second-order valence-electron chi connectivity index (χ2n) is 2.94. The molecule has 1 heterocycles. The lowest BCUT2D eigenvalue weighted by atomic mass is 10.2. The van der Waals surface area contributed by atoms with Gasteiger partial charge in [0.05, 0.1) is 0 Å². The van der Waals surface area contributed by atoms with Crippen molar-refractivity contribution in [2.45, 2.75) is 6.54 Å². The SMILES string of the molecule is Fc1ccc(CNc2nccs2)cc1F. The molecule has 0 atom stereocenters. The van der Waals surface area contributed by atoms with Gasteiger partial charge in [0.2, 0.25) is 0 Å². The Kier molecular flexibility index (Phi) is 2.91. The van der Waals surface area contributed by atoms with Crippen LogP contribution in [0.25, 0.3) is 0 Å². The minimum absolute atomic E-state index is 0.435. The highest BCUT2D eigenvalue weighted by molar-refractivity contribution is 7.13. The van der Waals surface area contributed by atoms with E-state index in [0.717, 1.165) is 11.2 Å². The number of halogens is 2. The number of nitrogens with zero attached hydrogens (tertiary/aromatic N) is 1. The third-order valence-corrected chi connectivity index (χ3v) is 2.59. The molecule has 0 fully saturated rings. The first-order chi connectivity index (χ1) is 7.25. The quantitative estimate of drug-likeness (QED) is 0.870. The molecule has 78 valence electrons. The lowest BCUT2D eigenvalue weighted by molar-refractivity contribution is 0.507. The Morgan fingerprint density at radius 3 is 2.80 bits per heavy atom. The van der Waals surface area contributed by atoms with E-state index in [4.69, 9.17) is 0 Å². The third kappa shape index (κ3) is 2.50. The molecule has 1 N–H and O–H groups in total. The van der Waals surface area contributed by atoms with Crippen LogP contribution in [0.15, 0.2) is 29.8 Å². The number of aromatic nitrogens is 1. The van der Waals surface area contributed by atoms with E-state index in [2.05, 4.69) is 10.3 Å². The molecule has 0 aliphatic heterocycles. The lowest BCUT2D eigenvalue weighted by Gasteiger charge is -2.03. The van der Waals surface area contributed by atoms with E-state index in [9.17, 15) is 8.78 Å². The second-order valence-corrected chi connectivity index (χ2v) is 3.83. The molecule has 0 saturated carbocycles. The standard InChI is InChI=1S/C10H8F2N2S/c11-8-2-1-7(5-9(8)12)6-14-10-13-3-4-15-10/h1-5H,6H2,(H,13,14). The van der Waals surface area contributed by atoms with Gasteiger partial charge in [0, 0.05) is 18.1 Å². The van der Waals surface area contributed by atoms with Crippen LogP contribution in [0, 0.1) is 11.6 Å². The van der Waals surface area contributed by atoms with Crippen LogP contribution in [-0.2, 0) is 6.54 Å². The topological polar surface area (TPSA) is 24.9 Å². The van der Waals surface area contributed by atoms with Crippen molar-refractivity contribution < 1.29 is 8.78 Å². The molecule has 0 radical (unpaired) electrons. The Morgan fingerprint density at radius 2 is 2.13 bits per heavy atom. The van der Waals surface area contributed by atoms with E-state index in [1.54, 1.807) is 12.3 Å². The van der Waals surface area contributed by atoms with Crippen molar-refractivity contribution >= 4 is 16.5 Å². The largest absolute Gasteiger partial charge is 0.357 e. The summed E-state index contributed by atoms with van der Waals surface area (Å²) in [5.41, 5.74) is 0.684. The summed E-state index contributed by atoms with van der Waals surface area (Å²) < 4.78 is 25.4. The molecule has 0 saturated heterocycles. The number of benzene rings is 1. The number of thiazole rings is 1. The molecule has 0 aliphatic rings. The highest BCUT2D eigenvalue weighted by Gasteiger charge is 2.02. The second kappa shape index (κ2) is 4.35. The summed E-state index contributed by atoms with van der Waals surface area (Å²) in [5.74, 6) is -1.65. The lowest BCUT2D eigenvalue weighted by Crippen LogP contribution is -1.99. The van der Waals surface area contributed by atoms with E-state index < -0.39 is 11.6 Å². The maximum atomic E-state index is 12.8. The molecule has 1 aromatic heterocycles. The highest BCUT2D eigenvalue weighted by Crippen LogP contribution is 2.13. The van der Waals surface area contributed by atoms with Crippen LogP contribution in [-0.4, -0.2) is 4.98 Å². The Bertz CT molecular complexity index is 443. The molecule has 0 bridgehead atoms. The van der Waals surface area contributed by atoms with Crippen LogP contribution in [0.5, 0.6) is 0 Å². The van der Waals surface area contributed by atoms with Crippen molar-refractivity contribution in [3.8, 4) is 0 Å². The Morgan fingerprint density at radius 1 is 1.27 bits per heavy atom. The summed E-state index contributed by atoms with van der Waals surface area (Å²) in [6.07, 6.45) is 1.68. The van der Waals surface area contributed by atoms with E-state index in [1.807, 2.05) is 5.38 Å². The van der Waals surface area contributed by atoms with E-state index >= 15 is 0 Å². The van der Waals surface area contributed by atoms with Crippen molar-refractivity contribution in [2.75, 3.05) is 5.32 Å².